The van der Waals surface area contributed by atoms with E-state index in [9.17, 15) is 19.7 Å². The van der Waals surface area contributed by atoms with Crippen LogP contribution >= 0.6 is 0 Å². The lowest BCUT2D eigenvalue weighted by Crippen LogP contribution is -2.30. The molecule has 0 aliphatic rings. The molecule has 1 N–H and O–H groups in total. The first-order valence-corrected chi connectivity index (χ1v) is 9.46. The third-order valence-corrected chi connectivity index (χ3v) is 4.30. The van der Waals surface area contributed by atoms with Crippen LogP contribution in [0.25, 0.3) is 0 Å². The Morgan fingerprint density at radius 2 is 1.81 bits per heavy atom. The van der Waals surface area contributed by atoms with Gasteiger partial charge in [0, 0.05) is 31.5 Å². The molecular formula is C21H25N3O7. The summed E-state index contributed by atoms with van der Waals surface area (Å²) in [6.45, 7) is 3.34. The number of hydrogen-bond donors (Lipinski definition) is 1. The summed E-state index contributed by atoms with van der Waals surface area (Å²) < 4.78 is 15.6. The number of carbonyl (C=O) groups is 2. The van der Waals surface area contributed by atoms with Crippen LogP contribution in [-0.4, -0.2) is 50.7 Å². The molecule has 0 spiro atoms. The normalized spacial score (nSPS) is 11.3. The van der Waals surface area contributed by atoms with Crippen molar-refractivity contribution in [2.24, 2.45) is 0 Å². The van der Waals surface area contributed by atoms with Crippen LogP contribution in [0.3, 0.4) is 0 Å². The molecule has 0 aliphatic carbocycles. The Hall–Kier alpha value is -3.82. The second kappa shape index (κ2) is 10.3. The third-order valence-electron chi connectivity index (χ3n) is 4.30. The van der Waals surface area contributed by atoms with Crippen molar-refractivity contribution in [3.63, 3.8) is 0 Å². The van der Waals surface area contributed by atoms with Gasteiger partial charge in [0.15, 0.2) is 17.6 Å². The van der Waals surface area contributed by atoms with Crippen molar-refractivity contribution in [2.45, 2.75) is 20.0 Å². The first-order valence-electron chi connectivity index (χ1n) is 9.46. The van der Waals surface area contributed by atoms with Crippen molar-refractivity contribution in [2.75, 3.05) is 38.0 Å². The smallest absolute Gasteiger partial charge is 0.346 e. The summed E-state index contributed by atoms with van der Waals surface area (Å²) in [5.41, 5.74) is 0.614. The number of nitrogens with zero attached hydrogens (tertiary/aromatic N) is 2. The van der Waals surface area contributed by atoms with E-state index in [4.69, 9.17) is 14.2 Å². The minimum atomic E-state index is -1.20. The number of ether oxygens (including phenoxy) is 3. The zero-order valence-corrected chi connectivity index (χ0v) is 18.0. The zero-order valence-electron chi connectivity index (χ0n) is 18.0. The molecule has 0 aliphatic heterocycles. The monoisotopic (exact) mass is 431 g/mol. The summed E-state index contributed by atoms with van der Waals surface area (Å²) >= 11 is 0. The maximum atomic E-state index is 12.6. The summed E-state index contributed by atoms with van der Waals surface area (Å²) in [6.07, 6.45) is -1.20. The van der Waals surface area contributed by atoms with Crippen molar-refractivity contribution >= 4 is 28.9 Å². The van der Waals surface area contributed by atoms with Crippen LogP contribution in [0.15, 0.2) is 36.4 Å². The highest BCUT2D eigenvalue weighted by atomic mass is 16.6. The predicted octanol–water partition coefficient (Wildman–Crippen LogP) is 3.25. The summed E-state index contributed by atoms with van der Waals surface area (Å²) in [6, 6.07) is 9.32. The van der Waals surface area contributed by atoms with Gasteiger partial charge in [-0.1, -0.05) is 0 Å². The Morgan fingerprint density at radius 3 is 2.32 bits per heavy atom. The number of esters is 1. The van der Waals surface area contributed by atoms with E-state index in [1.807, 2.05) is 31.1 Å². The van der Waals surface area contributed by atoms with Crippen LogP contribution in [-0.2, 0) is 9.53 Å². The number of methoxy groups -OCH3 is 1. The van der Waals surface area contributed by atoms with E-state index < -0.39 is 28.6 Å². The molecule has 0 heterocycles. The molecule has 0 saturated heterocycles. The van der Waals surface area contributed by atoms with E-state index in [1.54, 1.807) is 19.1 Å². The third kappa shape index (κ3) is 5.84. The Labute approximate surface area is 179 Å². The van der Waals surface area contributed by atoms with Gasteiger partial charge in [-0.05, 0) is 38.1 Å². The van der Waals surface area contributed by atoms with Crippen molar-refractivity contribution in [1.29, 1.82) is 0 Å². The van der Waals surface area contributed by atoms with Crippen LogP contribution in [0.4, 0.5) is 17.1 Å². The molecule has 31 heavy (non-hydrogen) atoms. The van der Waals surface area contributed by atoms with E-state index in [1.165, 1.54) is 14.0 Å². The van der Waals surface area contributed by atoms with Crippen LogP contribution in [0, 0.1) is 10.1 Å². The van der Waals surface area contributed by atoms with Gasteiger partial charge in [0.25, 0.3) is 11.6 Å². The van der Waals surface area contributed by atoms with Gasteiger partial charge in [0.05, 0.1) is 24.7 Å². The number of carbonyl (C=O) groups excluding carboxylic acids is 2. The zero-order chi connectivity index (χ0) is 23.1. The van der Waals surface area contributed by atoms with Crippen molar-refractivity contribution < 1.29 is 28.7 Å². The highest BCUT2D eigenvalue weighted by molar-refractivity contribution is 5.99. The maximum absolute atomic E-state index is 12.6. The van der Waals surface area contributed by atoms with Gasteiger partial charge in [-0.3, -0.25) is 14.9 Å². The van der Waals surface area contributed by atoms with Crippen molar-refractivity contribution in [1.82, 2.24) is 0 Å². The molecule has 10 heteroatoms. The Kier molecular flexibility index (Phi) is 7.78. The molecular weight excluding hydrogens is 406 g/mol. The minimum Gasteiger partial charge on any atom is -0.493 e. The average Bonchev–Trinajstić information content (AvgIpc) is 2.73. The number of rotatable bonds is 9. The average molecular weight is 431 g/mol. The summed E-state index contributed by atoms with van der Waals surface area (Å²) in [4.78, 5) is 37.6. The molecule has 2 rings (SSSR count). The van der Waals surface area contributed by atoms with Crippen LogP contribution in [0.5, 0.6) is 11.5 Å². The second-order valence-corrected chi connectivity index (χ2v) is 6.69. The van der Waals surface area contributed by atoms with Gasteiger partial charge < -0.3 is 24.4 Å². The molecule has 2 aromatic rings. The lowest BCUT2D eigenvalue weighted by Gasteiger charge is -2.16. The van der Waals surface area contributed by atoms with E-state index in [-0.39, 0.29) is 23.7 Å². The van der Waals surface area contributed by atoms with E-state index in [2.05, 4.69) is 5.32 Å². The first kappa shape index (κ1) is 23.5. The summed E-state index contributed by atoms with van der Waals surface area (Å²) in [7, 11) is 5.13. The Morgan fingerprint density at radius 1 is 1.16 bits per heavy atom. The number of nitro groups is 1. The standard InChI is InChI=1S/C21H25N3O7/c1-6-30-19-12-17(24(27)28)16(11-18(19)29-5)21(26)31-13(2)20(25)22-14-7-9-15(10-8-14)23(3)4/h7-13H,6H2,1-5H3,(H,22,25). The quantitative estimate of drug-likeness (QED) is 0.365. The molecule has 10 nitrogen and oxygen atoms in total. The van der Waals surface area contributed by atoms with E-state index in [0.717, 1.165) is 17.8 Å². The number of hydrogen-bond acceptors (Lipinski definition) is 8. The van der Waals surface area contributed by atoms with Crippen molar-refractivity contribution in [3.05, 3.63) is 52.1 Å². The van der Waals surface area contributed by atoms with Gasteiger partial charge in [-0.25, -0.2) is 4.79 Å². The topological polar surface area (TPSA) is 120 Å². The first-order chi connectivity index (χ1) is 14.7. The fraction of sp³-hybridized carbons (Fsp3) is 0.333. The van der Waals surface area contributed by atoms with Gasteiger partial charge in [-0.15, -0.1) is 0 Å². The lowest BCUT2D eigenvalue weighted by molar-refractivity contribution is -0.385. The van der Waals surface area contributed by atoms with E-state index in [0.29, 0.717) is 5.69 Å². The molecule has 166 valence electrons. The van der Waals surface area contributed by atoms with Gasteiger partial charge >= 0.3 is 5.97 Å². The molecule has 1 unspecified atom stereocenters. The Balaban J connectivity index is 2.17. The number of anilines is 2. The Bertz CT molecular complexity index is 958. The van der Waals surface area contributed by atoms with Gasteiger partial charge in [0.1, 0.15) is 5.56 Å². The largest absolute Gasteiger partial charge is 0.493 e. The molecule has 0 radical (unpaired) electrons. The maximum Gasteiger partial charge on any atom is 0.346 e. The summed E-state index contributed by atoms with van der Waals surface area (Å²) in [5.74, 6) is -1.34. The molecule has 1 amide bonds. The van der Waals surface area contributed by atoms with Gasteiger partial charge in [0.2, 0.25) is 0 Å². The van der Waals surface area contributed by atoms with E-state index >= 15 is 0 Å². The van der Waals surface area contributed by atoms with Gasteiger partial charge in [-0.2, -0.15) is 0 Å². The number of benzene rings is 2. The molecule has 0 fully saturated rings. The van der Waals surface area contributed by atoms with Crippen LogP contribution in [0.1, 0.15) is 24.2 Å². The minimum absolute atomic E-state index is 0.125. The molecule has 1 atom stereocenters. The fourth-order valence-corrected chi connectivity index (χ4v) is 2.66. The lowest BCUT2D eigenvalue weighted by atomic mass is 10.1. The molecule has 0 saturated carbocycles. The number of nitrogens with one attached hydrogen (secondary N) is 1. The van der Waals surface area contributed by atoms with Crippen LogP contribution < -0.4 is 19.7 Å². The molecule has 2 aromatic carbocycles. The highest BCUT2D eigenvalue weighted by Crippen LogP contribution is 2.35. The highest BCUT2D eigenvalue weighted by Gasteiger charge is 2.28. The van der Waals surface area contributed by atoms with Crippen molar-refractivity contribution in [3.8, 4) is 11.5 Å². The number of nitro benzene ring substituents is 1. The predicted molar refractivity (Wildman–Crippen MR) is 115 cm³/mol. The van der Waals surface area contributed by atoms with Crippen LogP contribution in [0.2, 0.25) is 0 Å². The molecule has 0 aromatic heterocycles. The fourth-order valence-electron chi connectivity index (χ4n) is 2.66. The summed E-state index contributed by atoms with van der Waals surface area (Å²) in [5, 5.41) is 14.1. The number of amides is 1. The SMILES string of the molecule is CCOc1cc([N+](=O)[O-])c(C(=O)OC(C)C(=O)Nc2ccc(N(C)C)cc2)cc1OC. The second-order valence-electron chi connectivity index (χ2n) is 6.69. The molecule has 0 bridgehead atoms.